The molecule has 0 radical (unpaired) electrons. The second kappa shape index (κ2) is 5.19. The zero-order chi connectivity index (χ0) is 9.52. The molecule has 0 saturated heterocycles. The SMILES string of the molecule is [N-]=[N+]=NCC=Cc1ccc(Cl)nc1. The van der Waals surface area contributed by atoms with Crippen LogP contribution in [0.1, 0.15) is 5.56 Å². The summed E-state index contributed by atoms with van der Waals surface area (Å²) in [6.45, 7) is 0.346. The number of pyridine rings is 1. The fourth-order valence-electron chi connectivity index (χ4n) is 0.758. The maximum atomic E-state index is 7.99. The van der Waals surface area contributed by atoms with Crippen molar-refractivity contribution in [1.82, 2.24) is 4.98 Å². The lowest BCUT2D eigenvalue weighted by molar-refractivity contribution is 1.22. The third kappa shape index (κ3) is 3.60. The first kappa shape index (κ1) is 9.58. The maximum absolute atomic E-state index is 7.99. The number of aromatic nitrogens is 1. The molecule has 0 aliphatic carbocycles. The van der Waals surface area contributed by atoms with Gasteiger partial charge in [0.05, 0.1) is 0 Å². The van der Waals surface area contributed by atoms with Crippen LogP contribution in [-0.2, 0) is 0 Å². The Morgan fingerprint density at radius 2 is 2.46 bits per heavy atom. The molecule has 0 unspecified atom stereocenters. The van der Waals surface area contributed by atoms with Gasteiger partial charge in [-0.1, -0.05) is 34.9 Å². The van der Waals surface area contributed by atoms with Crippen LogP contribution in [-0.4, -0.2) is 11.5 Å². The van der Waals surface area contributed by atoms with E-state index in [9.17, 15) is 0 Å². The number of hydrogen-bond donors (Lipinski definition) is 0. The molecule has 1 aromatic heterocycles. The highest BCUT2D eigenvalue weighted by atomic mass is 35.5. The monoisotopic (exact) mass is 194 g/mol. The summed E-state index contributed by atoms with van der Waals surface area (Å²) >= 11 is 5.59. The van der Waals surface area contributed by atoms with Crippen molar-refractivity contribution in [2.24, 2.45) is 5.11 Å². The summed E-state index contributed by atoms with van der Waals surface area (Å²) in [4.78, 5) is 6.51. The van der Waals surface area contributed by atoms with Crippen molar-refractivity contribution in [3.63, 3.8) is 0 Å². The highest BCUT2D eigenvalue weighted by Crippen LogP contribution is 2.06. The van der Waals surface area contributed by atoms with Crippen LogP contribution < -0.4 is 0 Å². The minimum atomic E-state index is 0.346. The molecule has 1 rings (SSSR count). The molecule has 0 bridgehead atoms. The van der Waals surface area contributed by atoms with Crippen molar-refractivity contribution in [3.8, 4) is 0 Å². The van der Waals surface area contributed by atoms with E-state index in [0.717, 1.165) is 5.56 Å². The van der Waals surface area contributed by atoms with Gasteiger partial charge in [-0.25, -0.2) is 4.98 Å². The zero-order valence-electron chi connectivity index (χ0n) is 6.76. The van der Waals surface area contributed by atoms with Crippen LogP contribution in [0.5, 0.6) is 0 Å². The molecular formula is C8H7ClN4. The fraction of sp³-hybridized carbons (Fsp3) is 0.125. The summed E-state index contributed by atoms with van der Waals surface area (Å²) in [5.41, 5.74) is 8.92. The van der Waals surface area contributed by atoms with Gasteiger partial charge in [0, 0.05) is 17.7 Å². The van der Waals surface area contributed by atoms with Crippen LogP contribution >= 0.6 is 11.6 Å². The Bertz CT molecular complexity index is 338. The lowest BCUT2D eigenvalue weighted by Gasteiger charge is -1.91. The quantitative estimate of drug-likeness (QED) is 0.316. The van der Waals surface area contributed by atoms with Crippen LogP contribution in [0, 0.1) is 0 Å². The van der Waals surface area contributed by atoms with Gasteiger partial charge in [0.15, 0.2) is 0 Å². The van der Waals surface area contributed by atoms with Crippen molar-refractivity contribution in [1.29, 1.82) is 0 Å². The highest BCUT2D eigenvalue weighted by molar-refractivity contribution is 6.29. The third-order valence-electron chi connectivity index (χ3n) is 1.31. The molecule has 0 aliphatic heterocycles. The van der Waals surface area contributed by atoms with E-state index in [1.165, 1.54) is 0 Å². The molecule has 66 valence electrons. The summed E-state index contributed by atoms with van der Waals surface area (Å²) in [6, 6.07) is 3.54. The zero-order valence-corrected chi connectivity index (χ0v) is 7.52. The van der Waals surface area contributed by atoms with Gasteiger partial charge in [-0.05, 0) is 17.2 Å². The van der Waals surface area contributed by atoms with Crippen molar-refractivity contribution >= 4 is 17.7 Å². The molecular weight excluding hydrogens is 188 g/mol. The Morgan fingerprint density at radius 1 is 1.62 bits per heavy atom. The van der Waals surface area contributed by atoms with Gasteiger partial charge < -0.3 is 0 Å². The van der Waals surface area contributed by atoms with Crippen molar-refractivity contribution in [2.75, 3.05) is 6.54 Å². The van der Waals surface area contributed by atoms with E-state index in [1.54, 1.807) is 18.3 Å². The smallest absolute Gasteiger partial charge is 0.129 e. The van der Waals surface area contributed by atoms with Crippen LogP contribution in [0.25, 0.3) is 16.5 Å². The average molecular weight is 195 g/mol. The number of halogens is 1. The standard InChI is InChI=1S/C8H7ClN4/c9-8-4-3-7(6-11-8)2-1-5-12-13-10/h1-4,6H,5H2. The molecule has 0 atom stereocenters. The first-order chi connectivity index (χ1) is 6.33. The van der Waals surface area contributed by atoms with Gasteiger partial charge in [-0.15, -0.1) is 0 Å². The molecule has 0 aliphatic rings. The third-order valence-corrected chi connectivity index (χ3v) is 1.53. The van der Waals surface area contributed by atoms with Crippen LogP contribution in [0.3, 0.4) is 0 Å². The van der Waals surface area contributed by atoms with Crippen molar-refractivity contribution < 1.29 is 0 Å². The molecule has 0 saturated carbocycles. The molecule has 0 spiro atoms. The first-order valence-corrected chi connectivity index (χ1v) is 3.99. The Kier molecular flexibility index (Phi) is 3.82. The molecule has 13 heavy (non-hydrogen) atoms. The van der Waals surface area contributed by atoms with Gasteiger partial charge in [0.1, 0.15) is 5.15 Å². The Hall–Kier alpha value is -1.51. The summed E-state index contributed by atoms with van der Waals surface area (Å²) in [7, 11) is 0. The first-order valence-electron chi connectivity index (χ1n) is 3.62. The minimum Gasteiger partial charge on any atom is -0.244 e. The summed E-state index contributed by atoms with van der Waals surface area (Å²) < 4.78 is 0. The second-order valence-corrected chi connectivity index (χ2v) is 2.62. The van der Waals surface area contributed by atoms with Crippen LogP contribution in [0.2, 0.25) is 5.15 Å². The summed E-state index contributed by atoms with van der Waals surface area (Å²) in [5.74, 6) is 0. The van der Waals surface area contributed by atoms with Crippen LogP contribution in [0.15, 0.2) is 29.5 Å². The lowest BCUT2D eigenvalue weighted by Crippen LogP contribution is -1.76. The predicted octanol–water partition coefficient (Wildman–Crippen LogP) is 3.06. The molecule has 1 aromatic rings. The largest absolute Gasteiger partial charge is 0.244 e. The molecule has 0 fully saturated rings. The van der Waals surface area contributed by atoms with Gasteiger partial charge in [0.25, 0.3) is 0 Å². The normalized spacial score (nSPS) is 9.92. The van der Waals surface area contributed by atoms with Gasteiger partial charge in [0.2, 0.25) is 0 Å². The van der Waals surface area contributed by atoms with Crippen LogP contribution in [0.4, 0.5) is 0 Å². The molecule has 4 nitrogen and oxygen atoms in total. The van der Waals surface area contributed by atoms with Gasteiger partial charge in [-0.2, -0.15) is 0 Å². The molecule has 0 amide bonds. The maximum Gasteiger partial charge on any atom is 0.129 e. The summed E-state index contributed by atoms with van der Waals surface area (Å²) in [6.07, 6.45) is 5.22. The van der Waals surface area contributed by atoms with E-state index in [0.29, 0.717) is 11.7 Å². The average Bonchev–Trinajstić information content (AvgIpc) is 2.15. The molecule has 0 aromatic carbocycles. The number of rotatable bonds is 3. The number of azide groups is 1. The Balaban J connectivity index is 2.58. The Labute approximate surface area is 80.5 Å². The molecule has 5 heteroatoms. The van der Waals surface area contributed by atoms with E-state index in [2.05, 4.69) is 15.0 Å². The van der Waals surface area contributed by atoms with Crippen molar-refractivity contribution in [3.05, 3.63) is 45.6 Å². The van der Waals surface area contributed by atoms with Crippen molar-refractivity contribution in [2.45, 2.75) is 0 Å². The number of nitrogens with zero attached hydrogens (tertiary/aromatic N) is 4. The predicted molar refractivity (Wildman–Crippen MR) is 52.3 cm³/mol. The van der Waals surface area contributed by atoms with Gasteiger partial charge >= 0.3 is 0 Å². The highest BCUT2D eigenvalue weighted by Gasteiger charge is 1.87. The van der Waals surface area contributed by atoms with E-state index in [-0.39, 0.29) is 0 Å². The minimum absolute atomic E-state index is 0.346. The summed E-state index contributed by atoms with van der Waals surface area (Å²) in [5, 5.41) is 3.82. The van der Waals surface area contributed by atoms with E-state index >= 15 is 0 Å². The van der Waals surface area contributed by atoms with E-state index in [4.69, 9.17) is 17.1 Å². The lowest BCUT2D eigenvalue weighted by atomic mass is 10.2. The topological polar surface area (TPSA) is 61.7 Å². The van der Waals surface area contributed by atoms with E-state index in [1.807, 2.05) is 12.1 Å². The molecule has 1 heterocycles. The Morgan fingerprint density at radius 3 is 3.08 bits per heavy atom. The fourth-order valence-corrected chi connectivity index (χ4v) is 0.870. The molecule has 0 N–H and O–H groups in total. The van der Waals surface area contributed by atoms with Gasteiger partial charge in [-0.3, -0.25) is 0 Å². The second-order valence-electron chi connectivity index (χ2n) is 2.23. The number of hydrogen-bond acceptors (Lipinski definition) is 2. The van der Waals surface area contributed by atoms with E-state index < -0.39 is 0 Å².